The van der Waals surface area contributed by atoms with E-state index in [-0.39, 0.29) is 5.78 Å². The van der Waals surface area contributed by atoms with E-state index in [4.69, 9.17) is 4.74 Å². The molecule has 0 saturated heterocycles. The molecule has 110 valence electrons. The van der Waals surface area contributed by atoms with Crippen LogP contribution in [0, 0.1) is 0 Å². The van der Waals surface area contributed by atoms with Crippen molar-refractivity contribution in [3.8, 4) is 5.75 Å². The van der Waals surface area contributed by atoms with E-state index in [1.54, 1.807) is 13.2 Å². The summed E-state index contributed by atoms with van der Waals surface area (Å²) in [7, 11) is 3.64. The highest BCUT2D eigenvalue weighted by Gasteiger charge is 2.08. The highest BCUT2D eigenvalue weighted by molar-refractivity contribution is 5.96. The molecule has 0 fully saturated rings. The first-order valence-electron chi connectivity index (χ1n) is 7.09. The van der Waals surface area contributed by atoms with E-state index in [9.17, 15) is 4.79 Å². The first-order valence-corrected chi connectivity index (χ1v) is 7.09. The van der Waals surface area contributed by atoms with Gasteiger partial charge in [0.15, 0.2) is 5.78 Å². The summed E-state index contributed by atoms with van der Waals surface area (Å²) < 4.78 is 5.15. The number of Topliss-reactive ketones (excluding diaryl/α,β-unsaturated/α-hetero) is 1. The number of carbonyl (C=O) groups excluding carboxylic acids is 1. The second kappa shape index (κ2) is 7.60. The van der Waals surface area contributed by atoms with Crippen molar-refractivity contribution in [1.82, 2.24) is 4.90 Å². The number of hydrogen-bond acceptors (Lipinski definition) is 3. The zero-order chi connectivity index (χ0) is 15.1. The Hall–Kier alpha value is -2.13. The number of ether oxygens (including phenoxy) is 1. The summed E-state index contributed by atoms with van der Waals surface area (Å²) in [6, 6.07) is 17.6. The maximum atomic E-state index is 12.2. The lowest BCUT2D eigenvalue weighted by Crippen LogP contribution is -2.21. The molecule has 3 heteroatoms. The van der Waals surface area contributed by atoms with Crippen molar-refractivity contribution >= 4 is 5.78 Å². The summed E-state index contributed by atoms with van der Waals surface area (Å²) >= 11 is 0. The van der Waals surface area contributed by atoms with Crippen LogP contribution in [0.25, 0.3) is 0 Å². The van der Waals surface area contributed by atoms with Gasteiger partial charge in [0.1, 0.15) is 5.75 Å². The lowest BCUT2D eigenvalue weighted by Gasteiger charge is -2.16. The summed E-state index contributed by atoms with van der Waals surface area (Å²) in [6.45, 7) is 1.59. The van der Waals surface area contributed by atoms with Crippen molar-refractivity contribution in [2.45, 2.75) is 13.0 Å². The van der Waals surface area contributed by atoms with Crippen LogP contribution in [0.1, 0.15) is 22.3 Å². The maximum absolute atomic E-state index is 12.2. The largest absolute Gasteiger partial charge is 0.497 e. The normalized spacial score (nSPS) is 10.6. The van der Waals surface area contributed by atoms with Crippen LogP contribution in [0.3, 0.4) is 0 Å². The quantitative estimate of drug-likeness (QED) is 0.729. The van der Waals surface area contributed by atoms with Crippen molar-refractivity contribution in [1.29, 1.82) is 0 Å². The Morgan fingerprint density at radius 2 is 1.86 bits per heavy atom. The average molecular weight is 283 g/mol. The minimum atomic E-state index is 0.147. The first-order chi connectivity index (χ1) is 10.2. The van der Waals surface area contributed by atoms with Crippen molar-refractivity contribution < 1.29 is 9.53 Å². The second-order valence-corrected chi connectivity index (χ2v) is 5.13. The van der Waals surface area contributed by atoms with Gasteiger partial charge in [0.05, 0.1) is 7.11 Å². The third-order valence-electron chi connectivity index (χ3n) is 3.41. The maximum Gasteiger partial charge on any atom is 0.164 e. The number of benzene rings is 2. The monoisotopic (exact) mass is 283 g/mol. The van der Waals surface area contributed by atoms with Gasteiger partial charge < -0.3 is 9.64 Å². The van der Waals surface area contributed by atoms with Gasteiger partial charge in [-0.1, -0.05) is 42.5 Å². The molecule has 0 aromatic heterocycles. The Kier molecular flexibility index (Phi) is 5.52. The predicted octanol–water partition coefficient (Wildman–Crippen LogP) is 3.40. The van der Waals surface area contributed by atoms with Gasteiger partial charge in [0, 0.05) is 25.1 Å². The lowest BCUT2D eigenvalue weighted by atomic mass is 10.1. The van der Waals surface area contributed by atoms with Gasteiger partial charge in [-0.05, 0) is 24.7 Å². The van der Waals surface area contributed by atoms with E-state index >= 15 is 0 Å². The molecule has 0 aliphatic rings. The van der Waals surface area contributed by atoms with E-state index in [1.807, 2.05) is 43.4 Å². The molecule has 0 atom stereocenters. The minimum Gasteiger partial charge on any atom is -0.497 e. The smallest absolute Gasteiger partial charge is 0.164 e. The highest BCUT2D eigenvalue weighted by Crippen LogP contribution is 2.14. The minimum absolute atomic E-state index is 0.147. The van der Waals surface area contributed by atoms with Crippen LogP contribution in [0.4, 0.5) is 0 Å². The fourth-order valence-corrected chi connectivity index (χ4v) is 2.21. The number of hydrogen-bond donors (Lipinski definition) is 0. The summed E-state index contributed by atoms with van der Waals surface area (Å²) in [4.78, 5) is 14.3. The SMILES string of the molecule is COc1cccc(C(=O)CCN(C)Cc2ccccc2)c1. The predicted molar refractivity (Wildman–Crippen MR) is 84.7 cm³/mol. The molecule has 0 heterocycles. The van der Waals surface area contributed by atoms with E-state index < -0.39 is 0 Å². The van der Waals surface area contributed by atoms with Crippen molar-refractivity contribution in [2.75, 3.05) is 20.7 Å². The third kappa shape index (κ3) is 4.72. The fraction of sp³-hybridized carbons (Fsp3) is 0.278. The Morgan fingerprint density at radius 3 is 2.57 bits per heavy atom. The molecule has 2 aromatic rings. The van der Waals surface area contributed by atoms with Gasteiger partial charge in [-0.2, -0.15) is 0 Å². The van der Waals surface area contributed by atoms with E-state index in [1.165, 1.54) is 5.56 Å². The molecule has 0 spiro atoms. The molecular formula is C18H21NO2. The number of nitrogens with zero attached hydrogens (tertiary/aromatic N) is 1. The molecule has 0 unspecified atom stereocenters. The van der Waals surface area contributed by atoms with Crippen molar-refractivity contribution in [2.24, 2.45) is 0 Å². The molecule has 2 aromatic carbocycles. The molecule has 0 aliphatic carbocycles. The fourth-order valence-electron chi connectivity index (χ4n) is 2.21. The van der Waals surface area contributed by atoms with Crippen LogP contribution in [-0.2, 0) is 6.54 Å². The highest BCUT2D eigenvalue weighted by atomic mass is 16.5. The van der Waals surface area contributed by atoms with Gasteiger partial charge in [-0.25, -0.2) is 0 Å². The Morgan fingerprint density at radius 1 is 1.10 bits per heavy atom. The molecule has 21 heavy (non-hydrogen) atoms. The number of ketones is 1. The summed E-state index contributed by atoms with van der Waals surface area (Å²) in [5.41, 5.74) is 1.97. The molecule has 0 aliphatic heterocycles. The van der Waals surface area contributed by atoms with Crippen LogP contribution in [0.15, 0.2) is 54.6 Å². The van der Waals surface area contributed by atoms with Crippen LogP contribution >= 0.6 is 0 Å². The topological polar surface area (TPSA) is 29.5 Å². The van der Waals surface area contributed by atoms with Crippen LogP contribution < -0.4 is 4.74 Å². The molecule has 0 saturated carbocycles. The Bertz CT molecular complexity index is 581. The molecule has 0 radical (unpaired) electrons. The zero-order valence-electron chi connectivity index (χ0n) is 12.6. The summed E-state index contributed by atoms with van der Waals surface area (Å²) in [6.07, 6.45) is 0.510. The van der Waals surface area contributed by atoms with E-state index in [2.05, 4.69) is 17.0 Å². The molecule has 0 bridgehead atoms. The zero-order valence-corrected chi connectivity index (χ0v) is 12.6. The van der Waals surface area contributed by atoms with Gasteiger partial charge in [0.25, 0.3) is 0 Å². The Balaban J connectivity index is 1.85. The Labute approximate surface area is 126 Å². The second-order valence-electron chi connectivity index (χ2n) is 5.13. The van der Waals surface area contributed by atoms with Crippen LogP contribution in [0.5, 0.6) is 5.75 Å². The van der Waals surface area contributed by atoms with Crippen molar-refractivity contribution in [3.63, 3.8) is 0 Å². The summed E-state index contributed by atoms with van der Waals surface area (Å²) in [5.74, 6) is 0.868. The third-order valence-corrected chi connectivity index (χ3v) is 3.41. The molecule has 0 amide bonds. The number of methoxy groups -OCH3 is 1. The molecule has 3 nitrogen and oxygen atoms in total. The van der Waals surface area contributed by atoms with Crippen LogP contribution in [-0.4, -0.2) is 31.4 Å². The van der Waals surface area contributed by atoms with Gasteiger partial charge in [0.2, 0.25) is 0 Å². The summed E-state index contributed by atoms with van der Waals surface area (Å²) in [5, 5.41) is 0. The lowest BCUT2D eigenvalue weighted by molar-refractivity contribution is 0.0967. The standard InChI is InChI=1S/C18H21NO2/c1-19(14-15-7-4-3-5-8-15)12-11-18(20)16-9-6-10-17(13-16)21-2/h3-10,13H,11-12,14H2,1-2H3. The number of rotatable bonds is 7. The van der Waals surface area contributed by atoms with Gasteiger partial charge in [-0.3, -0.25) is 4.79 Å². The van der Waals surface area contributed by atoms with Gasteiger partial charge in [-0.15, -0.1) is 0 Å². The van der Waals surface area contributed by atoms with Crippen LogP contribution in [0.2, 0.25) is 0 Å². The van der Waals surface area contributed by atoms with E-state index in [0.29, 0.717) is 12.0 Å². The first kappa shape index (κ1) is 15.3. The van der Waals surface area contributed by atoms with Gasteiger partial charge >= 0.3 is 0 Å². The number of carbonyl (C=O) groups is 1. The molecular weight excluding hydrogens is 262 g/mol. The van der Waals surface area contributed by atoms with Crippen molar-refractivity contribution in [3.05, 3.63) is 65.7 Å². The molecule has 2 rings (SSSR count). The van der Waals surface area contributed by atoms with E-state index in [0.717, 1.165) is 18.8 Å². The average Bonchev–Trinajstić information content (AvgIpc) is 2.53. The molecule has 0 N–H and O–H groups in total.